The van der Waals surface area contributed by atoms with E-state index in [1.165, 1.54) is 7.05 Å². The van der Waals surface area contributed by atoms with Gasteiger partial charge in [-0.25, -0.2) is 9.97 Å². The summed E-state index contributed by atoms with van der Waals surface area (Å²) in [5.74, 6) is -1.92. The SMILES string of the molecule is CNC(=O)CNc1cc(Cl)nc(C(F)(F)F)n1. The van der Waals surface area contributed by atoms with Crippen molar-refractivity contribution in [2.24, 2.45) is 0 Å². The minimum absolute atomic E-state index is 0.166. The topological polar surface area (TPSA) is 66.9 Å². The van der Waals surface area contributed by atoms with Gasteiger partial charge in [0, 0.05) is 13.1 Å². The van der Waals surface area contributed by atoms with Gasteiger partial charge in [0.2, 0.25) is 11.7 Å². The molecule has 0 unspecified atom stereocenters. The van der Waals surface area contributed by atoms with E-state index in [-0.39, 0.29) is 17.5 Å². The predicted octanol–water partition coefficient (Wildman–Crippen LogP) is 1.31. The second kappa shape index (κ2) is 5.17. The van der Waals surface area contributed by atoms with E-state index in [1.807, 2.05) is 0 Å². The standard InChI is InChI=1S/C8H8ClF3N4O/c1-13-6(17)3-14-5-2-4(9)15-7(16-5)8(10,11)12/h2H,3H2,1H3,(H,13,17)(H,14,15,16). The van der Waals surface area contributed by atoms with Crippen LogP contribution in [0.2, 0.25) is 5.15 Å². The molecule has 1 heterocycles. The Morgan fingerprint density at radius 2 is 2.12 bits per heavy atom. The minimum atomic E-state index is -4.69. The molecule has 2 N–H and O–H groups in total. The molecule has 0 aromatic carbocycles. The van der Waals surface area contributed by atoms with Gasteiger partial charge in [0.25, 0.3) is 0 Å². The largest absolute Gasteiger partial charge is 0.451 e. The van der Waals surface area contributed by atoms with Crippen LogP contribution in [-0.2, 0) is 11.0 Å². The molecular weight excluding hydrogens is 261 g/mol. The van der Waals surface area contributed by atoms with Crippen LogP contribution in [-0.4, -0.2) is 29.5 Å². The molecule has 5 nitrogen and oxygen atoms in total. The Labute approximate surface area is 99.4 Å². The highest BCUT2D eigenvalue weighted by atomic mass is 35.5. The molecule has 1 aromatic heterocycles. The van der Waals surface area contributed by atoms with E-state index in [2.05, 4.69) is 20.6 Å². The van der Waals surface area contributed by atoms with Crippen LogP contribution in [0.15, 0.2) is 6.07 Å². The number of nitrogens with one attached hydrogen (secondary N) is 2. The van der Waals surface area contributed by atoms with Crippen LogP contribution in [0.25, 0.3) is 0 Å². The first-order valence-corrected chi connectivity index (χ1v) is 4.77. The first kappa shape index (κ1) is 13.5. The zero-order valence-electron chi connectivity index (χ0n) is 8.60. The minimum Gasteiger partial charge on any atom is -0.361 e. The molecule has 0 saturated heterocycles. The van der Waals surface area contributed by atoms with Crippen LogP contribution in [0, 0.1) is 0 Å². The molecule has 0 fully saturated rings. The Kier molecular flexibility index (Phi) is 4.11. The van der Waals surface area contributed by atoms with Gasteiger partial charge in [0.15, 0.2) is 0 Å². The fourth-order valence-electron chi connectivity index (χ4n) is 0.894. The van der Waals surface area contributed by atoms with Crippen molar-refractivity contribution in [3.63, 3.8) is 0 Å². The monoisotopic (exact) mass is 268 g/mol. The summed E-state index contributed by atoms with van der Waals surface area (Å²) in [4.78, 5) is 17.1. The van der Waals surface area contributed by atoms with Crippen LogP contribution in [0.1, 0.15) is 5.82 Å². The van der Waals surface area contributed by atoms with Gasteiger partial charge in [-0.1, -0.05) is 11.6 Å². The Morgan fingerprint density at radius 1 is 1.47 bits per heavy atom. The lowest BCUT2D eigenvalue weighted by atomic mass is 10.5. The van der Waals surface area contributed by atoms with E-state index in [1.54, 1.807) is 0 Å². The van der Waals surface area contributed by atoms with Crippen LogP contribution < -0.4 is 10.6 Å². The van der Waals surface area contributed by atoms with Gasteiger partial charge < -0.3 is 10.6 Å². The third-order valence-electron chi connectivity index (χ3n) is 1.66. The third kappa shape index (κ3) is 4.06. The van der Waals surface area contributed by atoms with E-state index in [4.69, 9.17) is 11.6 Å². The summed E-state index contributed by atoms with van der Waals surface area (Å²) in [5, 5.41) is 4.34. The zero-order chi connectivity index (χ0) is 13.1. The van der Waals surface area contributed by atoms with Crippen molar-refractivity contribution in [3.8, 4) is 0 Å². The number of amides is 1. The van der Waals surface area contributed by atoms with Gasteiger partial charge in [0.1, 0.15) is 11.0 Å². The molecule has 1 rings (SSSR count). The molecule has 9 heteroatoms. The van der Waals surface area contributed by atoms with Gasteiger partial charge in [-0.3, -0.25) is 4.79 Å². The second-order valence-electron chi connectivity index (χ2n) is 2.92. The molecular formula is C8H8ClF3N4O. The number of rotatable bonds is 3. The number of likely N-dealkylation sites (N-methyl/N-ethyl adjacent to an activating group) is 1. The maximum Gasteiger partial charge on any atom is 0.451 e. The Balaban J connectivity index is 2.87. The number of hydrogen-bond donors (Lipinski definition) is 2. The predicted molar refractivity (Wildman–Crippen MR) is 54.6 cm³/mol. The Morgan fingerprint density at radius 3 is 2.65 bits per heavy atom. The Hall–Kier alpha value is -1.57. The highest BCUT2D eigenvalue weighted by Crippen LogP contribution is 2.28. The average molecular weight is 269 g/mol. The van der Waals surface area contributed by atoms with E-state index < -0.39 is 17.9 Å². The first-order chi connectivity index (χ1) is 7.82. The maximum atomic E-state index is 12.3. The van der Waals surface area contributed by atoms with Crippen molar-refractivity contribution in [2.75, 3.05) is 18.9 Å². The average Bonchev–Trinajstić information content (AvgIpc) is 2.24. The number of anilines is 1. The molecule has 0 aliphatic rings. The van der Waals surface area contributed by atoms with Crippen molar-refractivity contribution >= 4 is 23.3 Å². The summed E-state index contributed by atoms with van der Waals surface area (Å²) in [5.41, 5.74) is 0. The number of alkyl halides is 3. The molecule has 94 valence electrons. The number of nitrogens with zero attached hydrogens (tertiary/aromatic N) is 2. The fourth-order valence-corrected chi connectivity index (χ4v) is 1.08. The van der Waals surface area contributed by atoms with Crippen LogP contribution >= 0.6 is 11.6 Å². The summed E-state index contributed by atoms with van der Waals surface area (Å²) < 4.78 is 37.0. The smallest absolute Gasteiger partial charge is 0.361 e. The normalized spacial score (nSPS) is 11.1. The first-order valence-electron chi connectivity index (χ1n) is 4.39. The second-order valence-corrected chi connectivity index (χ2v) is 3.31. The Bertz CT molecular complexity index is 424. The van der Waals surface area contributed by atoms with E-state index in [0.29, 0.717) is 0 Å². The molecule has 0 atom stereocenters. The number of carbonyl (C=O) groups is 1. The van der Waals surface area contributed by atoms with Gasteiger partial charge in [0.05, 0.1) is 6.54 Å². The van der Waals surface area contributed by atoms with Crippen LogP contribution in [0.4, 0.5) is 19.0 Å². The lowest BCUT2D eigenvalue weighted by Gasteiger charge is -2.09. The van der Waals surface area contributed by atoms with Gasteiger partial charge >= 0.3 is 6.18 Å². The lowest BCUT2D eigenvalue weighted by Crippen LogP contribution is -2.26. The zero-order valence-corrected chi connectivity index (χ0v) is 9.35. The highest BCUT2D eigenvalue weighted by molar-refractivity contribution is 6.29. The molecule has 0 saturated carbocycles. The molecule has 17 heavy (non-hydrogen) atoms. The van der Waals surface area contributed by atoms with Crippen LogP contribution in [0.3, 0.4) is 0 Å². The van der Waals surface area contributed by atoms with Crippen molar-refractivity contribution in [3.05, 3.63) is 17.0 Å². The summed E-state index contributed by atoms with van der Waals surface area (Å²) in [6.45, 7) is -0.207. The van der Waals surface area contributed by atoms with Crippen molar-refractivity contribution in [1.82, 2.24) is 15.3 Å². The van der Waals surface area contributed by atoms with Gasteiger partial charge in [-0.15, -0.1) is 0 Å². The highest BCUT2D eigenvalue weighted by Gasteiger charge is 2.35. The summed E-state index contributed by atoms with van der Waals surface area (Å²) >= 11 is 5.41. The summed E-state index contributed by atoms with van der Waals surface area (Å²) in [6, 6.07) is 1.10. The van der Waals surface area contributed by atoms with Crippen molar-refractivity contribution < 1.29 is 18.0 Å². The number of hydrogen-bond acceptors (Lipinski definition) is 4. The van der Waals surface area contributed by atoms with Crippen molar-refractivity contribution in [1.29, 1.82) is 0 Å². The van der Waals surface area contributed by atoms with Gasteiger partial charge in [-0.05, 0) is 0 Å². The van der Waals surface area contributed by atoms with Crippen molar-refractivity contribution in [2.45, 2.75) is 6.18 Å². The van der Waals surface area contributed by atoms with E-state index >= 15 is 0 Å². The van der Waals surface area contributed by atoms with Crippen LogP contribution in [0.5, 0.6) is 0 Å². The molecule has 1 aromatic rings. The number of halogens is 4. The van der Waals surface area contributed by atoms with E-state index in [9.17, 15) is 18.0 Å². The summed E-state index contributed by atoms with van der Waals surface area (Å²) in [6.07, 6.45) is -4.69. The maximum absolute atomic E-state index is 12.3. The number of carbonyl (C=O) groups excluding carboxylic acids is 1. The molecule has 0 aliphatic carbocycles. The third-order valence-corrected chi connectivity index (χ3v) is 1.85. The molecule has 0 radical (unpaired) electrons. The summed E-state index contributed by atoms with van der Waals surface area (Å²) in [7, 11) is 1.40. The molecule has 1 amide bonds. The quantitative estimate of drug-likeness (QED) is 0.811. The number of aromatic nitrogens is 2. The molecule has 0 spiro atoms. The van der Waals surface area contributed by atoms with E-state index in [0.717, 1.165) is 6.07 Å². The fraction of sp³-hybridized carbons (Fsp3) is 0.375. The molecule has 0 bridgehead atoms. The molecule has 0 aliphatic heterocycles. The van der Waals surface area contributed by atoms with Gasteiger partial charge in [-0.2, -0.15) is 13.2 Å². The lowest BCUT2D eigenvalue weighted by molar-refractivity contribution is -0.144.